The summed E-state index contributed by atoms with van der Waals surface area (Å²) < 4.78 is 63.2. The van der Waals surface area contributed by atoms with Crippen molar-refractivity contribution in [3.8, 4) is 16.9 Å². The smallest absolute Gasteiger partial charge is 0.145 e. The molecule has 37 heavy (non-hydrogen) atoms. The van der Waals surface area contributed by atoms with Crippen LogP contribution in [0.1, 0.15) is 50.2 Å². The summed E-state index contributed by atoms with van der Waals surface area (Å²) in [5, 5.41) is 0.486. The summed E-state index contributed by atoms with van der Waals surface area (Å²) in [5.74, 6) is -1.98. The molecule has 4 rings (SSSR count). The number of rotatable bonds is 11. The molecule has 0 aliphatic rings. The third-order valence-electron chi connectivity index (χ3n) is 6.53. The van der Waals surface area contributed by atoms with Crippen LogP contribution in [-0.4, -0.2) is 6.61 Å². The van der Waals surface area contributed by atoms with Crippen molar-refractivity contribution >= 4 is 22.4 Å². The zero-order valence-corrected chi connectivity index (χ0v) is 21.5. The van der Waals surface area contributed by atoms with Crippen LogP contribution >= 0.6 is 11.6 Å². The summed E-state index contributed by atoms with van der Waals surface area (Å²) in [6.07, 6.45) is 6.14. The van der Waals surface area contributed by atoms with Gasteiger partial charge in [-0.1, -0.05) is 68.5 Å². The van der Waals surface area contributed by atoms with Crippen molar-refractivity contribution in [1.82, 2.24) is 0 Å². The van der Waals surface area contributed by atoms with Gasteiger partial charge in [-0.3, -0.25) is 0 Å². The van der Waals surface area contributed by atoms with E-state index in [9.17, 15) is 13.2 Å². The molecule has 0 aliphatic carbocycles. The predicted octanol–water partition coefficient (Wildman–Crippen LogP) is 9.85. The lowest BCUT2D eigenvalue weighted by Gasteiger charge is -2.11. The van der Waals surface area contributed by atoms with Crippen molar-refractivity contribution < 1.29 is 22.3 Å². The van der Waals surface area contributed by atoms with Crippen LogP contribution < -0.4 is 4.74 Å². The number of halogens is 5. The normalized spacial score (nSPS) is 11.3. The fraction of sp³-hybridized carbons (Fsp3) is 0.290. The number of fused-ring (bicyclic) bond motifs is 1. The zero-order chi connectivity index (χ0) is 26.4. The third kappa shape index (κ3) is 6.64. The van der Waals surface area contributed by atoms with Gasteiger partial charge in [0.15, 0.2) is 0 Å². The molecule has 4 aromatic rings. The van der Waals surface area contributed by atoms with Gasteiger partial charge < -0.3 is 4.74 Å². The largest absolute Gasteiger partial charge is 0.493 e. The second-order valence-corrected chi connectivity index (χ2v) is 9.63. The third-order valence-corrected chi connectivity index (χ3v) is 6.89. The van der Waals surface area contributed by atoms with Gasteiger partial charge in [-0.15, -0.1) is 0 Å². The number of hydrogen-bond donors (Lipinski definition) is 0. The minimum atomic E-state index is -0.836. The molecule has 0 aliphatic heterocycles. The monoisotopic (exact) mass is 528 g/mol. The van der Waals surface area contributed by atoms with Gasteiger partial charge in [-0.05, 0) is 71.7 Å². The molecule has 6 heteroatoms. The maximum atomic E-state index is 15.2. The molecule has 0 saturated carbocycles. The molecule has 0 bridgehead atoms. The molecule has 0 aromatic heterocycles. The molecule has 0 saturated heterocycles. The van der Waals surface area contributed by atoms with E-state index in [1.54, 1.807) is 42.5 Å². The highest BCUT2D eigenvalue weighted by atomic mass is 35.5. The summed E-state index contributed by atoms with van der Waals surface area (Å²) in [4.78, 5) is 0. The number of ether oxygens (including phenoxy) is 1. The van der Waals surface area contributed by atoms with Crippen LogP contribution in [0.25, 0.3) is 21.9 Å². The minimum Gasteiger partial charge on any atom is -0.493 e. The van der Waals surface area contributed by atoms with Gasteiger partial charge in [0.05, 0.1) is 6.61 Å². The van der Waals surface area contributed by atoms with Crippen LogP contribution in [0.3, 0.4) is 0 Å². The van der Waals surface area contributed by atoms with E-state index >= 15 is 4.39 Å². The highest BCUT2D eigenvalue weighted by molar-refractivity contribution is 6.30. The SMILES string of the molecule is CCCCCCCOc1ccc(-c2ccc3c(F)c(CCc4cc(F)c(Cl)c(F)c4)ccc3c2)c(F)c1. The standard InChI is InChI=1S/C31H29ClF4O/c1-2-3-4-5-6-15-37-24-12-14-25(27(33)19-24)22-11-13-26-23(18-22)10-9-21(31(26)36)8-7-20-16-28(34)30(32)29(35)17-20/h9-14,16-19H,2-8,15H2,1H3. The summed E-state index contributed by atoms with van der Waals surface area (Å²) in [6, 6.07) is 15.6. The van der Waals surface area contributed by atoms with Crippen LogP contribution in [0.2, 0.25) is 5.02 Å². The first-order valence-corrected chi connectivity index (χ1v) is 13.0. The van der Waals surface area contributed by atoms with Crippen LogP contribution in [0.5, 0.6) is 5.75 Å². The van der Waals surface area contributed by atoms with Crippen LogP contribution in [-0.2, 0) is 12.8 Å². The Hall–Kier alpha value is -3.05. The summed E-state index contributed by atoms with van der Waals surface area (Å²) in [5.41, 5.74) is 1.87. The van der Waals surface area contributed by atoms with Crippen molar-refractivity contribution in [2.45, 2.75) is 51.9 Å². The molecular weight excluding hydrogens is 500 g/mol. The molecule has 0 radical (unpaired) electrons. The Balaban J connectivity index is 1.45. The van der Waals surface area contributed by atoms with Crippen LogP contribution in [0.15, 0.2) is 60.7 Å². The zero-order valence-electron chi connectivity index (χ0n) is 20.7. The minimum absolute atomic E-state index is 0.254. The average molecular weight is 529 g/mol. The van der Waals surface area contributed by atoms with E-state index in [1.165, 1.54) is 25.3 Å². The van der Waals surface area contributed by atoms with E-state index in [1.807, 2.05) is 0 Å². The van der Waals surface area contributed by atoms with Crippen molar-refractivity contribution in [1.29, 1.82) is 0 Å². The number of aryl methyl sites for hydroxylation is 2. The second-order valence-electron chi connectivity index (χ2n) is 9.25. The predicted molar refractivity (Wildman–Crippen MR) is 142 cm³/mol. The molecule has 0 N–H and O–H groups in total. The molecule has 0 fully saturated rings. The van der Waals surface area contributed by atoms with E-state index in [0.717, 1.165) is 25.0 Å². The lowest BCUT2D eigenvalue weighted by molar-refractivity contribution is 0.303. The van der Waals surface area contributed by atoms with Gasteiger partial charge in [-0.2, -0.15) is 0 Å². The fourth-order valence-corrected chi connectivity index (χ4v) is 4.55. The Morgan fingerprint density at radius 3 is 2.22 bits per heavy atom. The first-order valence-electron chi connectivity index (χ1n) is 12.6. The van der Waals surface area contributed by atoms with E-state index in [-0.39, 0.29) is 12.8 Å². The molecule has 0 heterocycles. The Morgan fingerprint density at radius 1 is 0.730 bits per heavy atom. The Bertz CT molecular complexity index is 1360. The lowest BCUT2D eigenvalue weighted by atomic mass is 9.97. The summed E-state index contributed by atoms with van der Waals surface area (Å²) in [6.45, 7) is 2.73. The molecule has 0 amide bonds. The quantitative estimate of drug-likeness (QED) is 0.107. The molecule has 194 valence electrons. The number of unbranched alkanes of at least 4 members (excludes halogenated alkanes) is 4. The van der Waals surface area contributed by atoms with Crippen molar-refractivity contribution in [2.24, 2.45) is 0 Å². The second kappa shape index (κ2) is 12.5. The van der Waals surface area contributed by atoms with Crippen LogP contribution in [0.4, 0.5) is 17.6 Å². The van der Waals surface area contributed by atoms with Gasteiger partial charge in [0, 0.05) is 17.0 Å². The van der Waals surface area contributed by atoms with Gasteiger partial charge in [0.2, 0.25) is 0 Å². The van der Waals surface area contributed by atoms with E-state index in [4.69, 9.17) is 16.3 Å². The molecule has 0 atom stereocenters. The summed E-state index contributed by atoms with van der Waals surface area (Å²) in [7, 11) is 0. The van der Waals surface area contributed by atoms with Gasteiger partial charge >= 0.3 is 0 Å². The van der Waals surface area contributed by atoms with E-state index in [0.29, 0.717) is 45.4 Å². The first-order chi connectivity index (χ1) is 17.9. The van der Waals surface area contributed by atoms with Gasteiger partial charge in [0.25, 0.3) is 0 Å². The highest BCUT2D eigenvalue weighted by Gasteiger charge is 2.13. The molecule has 4 aromatic carbocycles. The maximum Gasteiger partial charge on any atom is 0.145 e. The highest BCUT2D eigenvalue weighted by Crippen LogP contribution is 2.31. The molecule has 1 nitrogen and oxygen atoms in total. The Morgan fingerprint density at radius 2 is 1.49 bits per heavy atom. The molecule has 0 spiro atoms. The molecular formula is C31H29ClF4O. The van der Waals surface area contributed by atoms with Crippen LogP contribution in [0, 0.1) is 23.3 Å². The number of hydrogen-bond acceptors (Lipinski definition) is 1. The Kier molecular flexibility index (Phi) is 9.09. The molecule has 0 unspecified atom stereocenters. The topological polar surface area (TPSA) is 9.23 Å². The Labute approximate surface area is 220 Å². The first kappa shape index (κ1) is 27.0. The van der Waals surface area contributed by atoms with Crippen molar-refractivity contribution in [3.63, 3.8) is 0 Å². The number of benzene rings is 4. The van der Waals surface area contributed by atoms with E-state index in [2.05, 4.69) is 6.92 Å². The van der Waals surface area contributed by atoms with Crippen molar-refractivity contribution in [3.05, 3.63) is 100 Å². The average Bonchev–Trinajstić information content (AvgIpc) is 2.88. The van der Waals surface area contributed by atoms with Gasteiger partial charge in [-0.25, -0.2) is 17.6 Å². The van der Waals surface area contributed by atoms with Crippen molar-refractivity contribution in [2.75, 3.05) is 6.61 Å². The maximum absolute atomic E-state index is 15.2. The van der Waals surface area contributed by atoms with E-state index < -0.39 is 28.3 Å². The van der Waals surface area contributed by atoms with Gasteiger partial charge in [0.1, 0.15) is 34.0 Å². The summed E-state index contributed by atoms with van der Waals surface area (Å²) >= 11 is 5.53. The fourth-order valence-electron chi connectivity index (χ4n) is 4.44. The lowest BCUT2D eigenvalue weighted by Crippen LogP contribution is -1.99.